The molecule has 0 spiro atoms. The molecule has 3 aromatic rings. The zero-order chi connectivity index (χ0) is 17.4. The molecule has 0 saturated heterocycles. The summed E-state index contributed by atoms with van der Waals surface area (Å²) in [5.41, 5.74) is 2.00. The highest BCUT2D eigenvalue weighted by molar-refractivity contribution is 7.71. The van der Waals surface area contributed by atoms with Crippen LogP contribution in [0.2, 0.25) is 0 Å². The second kappa shape index (κ2) is 6.78. The molecule has 3 heterocycles. The molecule has 0 N–H and O–H groups in total. The van der Waals surface area contributed by atoms with Gasteiger partial charge in [0.25, 0.3) is 0 Å². The average molecular weight is 375 g/mol. The van der Waals surface area contributed by atoms with E-state index in [1.807, 2.05) is 11.3 Å². The molecule has 1 aliphatic heterocycles. The third kappa shape index (κ3) is 3.05. The third-order valence-corrected chi connectivity index (χ3v) is 5.98. The summed E-state index contributed by atoms with van der Waals surface area (Å²) in [6, 6.07) is 8.81. The number of aromatic nitrogens is 4. The van der Waals surface area contributed by atoms with Crippen LogP contribution in [0.4, 0.5) is 4.39 Å². The van der Waals surface area contributed by atoms with Crippen molar-refractivity contribution in [2.24, 2.45) is 0 Å². The number of hydrogen-bond acceptors (Lipinski definition) is 5. The topological polar surface area (TPSA) is 38.9 Å². The van der Waals surface area contributed by atoms with Crippen molar-refractivity contribution >= 4 is 23.6 Å². The van der Waals surface area contributed by atoms with Crippen LogP contribution in [0.1, 0.15) is 29.8 Å². The molecule has 0 fully saturated rings. The van der Waals surface area contributed by atoms with Crippen LogP contribution in [0.3, 0.4) is 0 Å². The van der Waals surface area contributed by atoms with Crippen molar-refractivity contribution in [3.63, 3.8) is 0 Å². The van der Waals surface area contributed by atoms with Gasteiger partial charge < -0.3 is 0 Å². The number of thiophene rings is 1. The number of rotatable bonds is 4. The Hall–Kier alpha value is -1.90. The Morgan fingerprint density at radius 2 is 2.20 bits per heavy atom. The Kier molecular flexibility index (Phi) is 4.49. The van der Waals surface area contributed by atoms with E-state index in [1.165, 1.54) is 27.3 Å². The maximum absolute atomic E-state index is 13.5. The van der Waals surface area contributed by atoms with Crippen molar-refractivity contribution in [3.8, 4) is 5.69 Å². The van der Waals surface area contributed by atoms with Crippen LogP contribution in [0.15, 0.2) is 35.7 Å². The Morgan fingerprint density at radius 3 is 3.00 bits per heavy atom. The quantitative estimate of drug-likeness (QED) is 0.647. The summed E-state index contributed by atoms with van der Waals surface area (Å²) in [6.45, 7) is 3.76. The zero-order valence-corrected chi connectivity index (χ0v) is 15.4. The van der Waals surface area contributed by atoms with Gasteiger partial charge in [-0.2, -0.15) is 4.68 Å². The first kappa shape index (κ1) is 16.6. The van der Waals surface area contributed by atoms with Gasteiger partial charge in [-0.1, -0.05) is 13.0 Å². The van der Waals surface area contributed by atoms with E-state index in [9.17, 15) is 4.39 Å². The molecule has 0 unspecified atom stereocenters. The van der Waals surface area contributed by atoms with E-state index in [1.54, 1.807) is 16.8 Å². The molecule has 1 aliphatic rings. The van der Waals surface area contributed by atoms with E-state index >= 15 is 0 Å². The largest absolute Gasteiger partial charge is 0.277 e. The van der Waals surface area contributed by atoms with Gasteiger partial charge in [0.05, 0.1) is 12.4 Å². The fourth-order valence-electron chi connectivity index (χ4n) is 3.40. The van der Waals surface area contributed by atoms with Gasteiger partial charge >= 0.3 is 0 Å². The van der Waals surface area contributed by atoms with Crippen LogP contribution in [-0.2, 0) is 13.1 Å². The molecule has 8 heteroatoms. The predicted octanol–water partition coefficient (Wildman–Crippen LogP) is 3.97. The zero-order valence-electron chi connectivity index (χ0n) is 13.8. The molecule has 4 rings (SSSR count). The molecule has 5 nitrogen and oxygen atoms in total. The average Bonchev–Trinajstić information content (AvgIpc) is 3.22. The molecule has 130 valence electrons. The Morgan fingerprint density at radius 1 is 1.32 bits per heavy atom. The summed E-state index contributed by atoms with van der Waals surface area (Å²) in [4.78, 5) is 3.87. The van der Waals surface area contributed by atoms with Crippen molar-refractivity contribution in [1.82, 2.24) is 24.7 Å². The highest BCUT2D eigenvalue weighted by Gasteiger charge is 2.27. The second-order valence-electron chi connectivity index (χ2n) is 6.08. The van der Waals surface area contributed by atoms with Gasteiger partial charge in [0, 0.05) is 17.5 Å². The summed E-state index contributed by atoms with van der Waals surface area (Å²) >= 11 is 7.35. The SMILES string of the molecule is CC[C@@H]1c2ccsc2CCN1Cn1nnn(-c2cccc(F)c2)c1=S. The van der Waals surface area contributed by atoms with Crippen LogP contribution >= 0.6 is 23.6 Å². The molecule has 0 radical (unpaired) electrons. The van der Waals surface area contributed by atoms with Gasteiger partial charge in [0.2, 0.25) is 4.77 Å². The minimum Gasteiger partial charge on any atom is -0.277 e. The molecule has 0 bridgehead atoms. The normalized spacial score (nSPS) is 17.6. The number of halogens is 1. The van der Waals surface area contributed by atoms with Crippen LogP contribution in [0.25, 0.3) is 5.69 Å². The van der Waals surface area contributed by atoms with Gasteiger partial charge in [-0.3, -0.25) is 4.90 Å². The fraction of sp³-hybridized carbons (Fsp3) is 0.353. The van der Waals surface area contributed by atoms with E-state index in [4.69, 9.17) is 12.2 Å². The first-order valence-electron chi connectivity index (χ1n) is 8.26. The minimum atomic E-state index is -0.319. The van der Waals surface area contributed by atoms with Crippen molar-refractivity contribution in [2.45, 2.75) is 32.5 Å². The number of fused-ring (bicyclic) bond motifs is 1. The monoisotopic (exact) mass is 375 g/mol. The third-order valence-electron chi connectivity index (χ3n) is 4.60. The molecule has 25 heavy (non-hydrogen) atoms. The molecule has 0 amide bonds. The molecular formula is C17H18FN5S2. The fourth-order valence-corrected chi connectivity index (χ4v) is 4.56. The van der Waals surface area contributed by atoms with Gasteiger partial charge in [-0.05, 0) is 70.7 Å². The summed E-state index contributed by atoms with van der Waals surface area (Å²) in [5.74, 6) is -0.319. The van der Waals surface area contributed by atoms with Crippen LogP contribution in [-0.4, -0.2) is 31.2 Å². The summed E-state index contributed by atoms with van der Waals surface area (Å²) in [5, 5.41) is 10.5. The number of hydrogen-bond donors (Lipinski definition) is 0. The predicted molar refractivity (Wildman–Crippen MR) is 97.9 cm³/mol. The van der Waals surface area contributed by atoms with Crippen LogP contribution < -0.4 is 0 Å². The lowest BCUT2D eigenvalue weighted by atomic mass is 9.98. The standard InChI is InChI=1S/C17H18FN5S2/c1-2-15-14-7-9-25-16(14)6-8-21(15)11-22-17(24)23(20-19-22)13-5-3-4-12(18)10-13/h3-5,7,9-10,15H,2,6,8,11H2,1H3/t15-/m1/s1. The van der Waals surface area contributed by atoms with Gasteiger partial charge in [-0.25, -0.2) is 9.07 Å². The molecule has 1 atom stereocenters. The minimum absolute atomic E-state index is 0.319. The number of tetrazole rings is 1. The first-order chi connectivity index (χ1) is 12.2. The van der Waals surface area contributed by atoms with E-state index in [-0.39, 0.29) is 5.82 Å². The summed E-state index contributed by atoms with van der Waals surface area (Å²) in [7, 11) is 0. The molecule has 1 aromatic carbocycles. The van der Waals surface area contributed by atoms with Crippen LogP contribution in [0.5, 0.6) is 0 Å². The van der Waals surface area contributed by atoms with Gasteiger partial charge in [0.1, 0.15) is 5.82 Å². The number of benzene rings is 1. The lowest BCUT2D eigenvalue weighted by Crippen LogP contribution is -2.36. The summed E-state index contributed by atoms with van der Waals surface area (Å²) < 4.78 is 17.1. The molecule has 0 saturated carbocycles. The highest BCUT2D eigenvalue weighted by Crippen LogP contribution is 2.35. The van der Waals surface area contributed by atoms with Crippen molar-refractivity contribution in [1.29, 1.82) is 0 Å². The van der Waals surface area contributed by atoms with Crippen molar-refractivity contribution in [2.75, 3.05) is 6.54 Å². The van der Waals surface area contributed by atoms with E-state index in [2.05, 4.69) is 33.7 Å². The number of nitrogens with zero attached hydrogens (tertiary/aromatic N) is 5. The Balaban J connectivity index is 1.61. The lowest BCUT2D eigenvalue weighted by Gasteiger charge is -2.34. The molecular weight excluding hydrogens is 357 g/mol. The van der Waals surface area contributed by atoms with Gasteiger partial charge in [0.15, 0.2) is 0 Å². The highest BCUT2D eigenvalue weighted by atomic mass is 32.1. The maximum Gasteiger partial charge on any atom is 0.221 e. The maximum atomic E-state index is 13.5. The first-order valence-corrected chi connectivity index (χ1v) is 9.55. The molecule has 2 aromatic heterocycles. The van der Waals surface area contributed by atoms with Gasteiger partial charge in [-0.15, -0.1) is 11.3 Å². The Bertz CT molecular complexity index is 944. The lowest BCUT2D eigenvalue weighted by molar-refractivity contribution is 0.128. The summed E-state index contributed by atoms with van der Waals surface area (Å²) in [6.07, 6.45) is 2.09. The van der Waals surface area contributed by atoms with Crippen molar-refractivity contribution in [3.05, 3.63) is 56.7 Å². The van der Waals surface area contributed by atoms with Crippen LogP contribution in [0, 0.1) is 10.6 Å². The van der Waals surface area contributed by atoms with Crippen molar-refractivity contribution < 1.29 is 4.39 Å². The van der Waals surface area contributed by atoms with E-state index in [0.717, 1.165) is 19.4 Å². The van der Waals surface area contributed by atoms with E-state index in [0.29, 0.717) is 23.2 Å². The second-order valence-corrected chi connectivity index (χ2v) is 7.45. The smallest absolute Gasteiger partial charge is 0.221 e. The Labute approximate surface area is 154 Å². The van der Waals surface area contributed by atoms with E-state index < -0.39 is 0 Å². The molecule has 0 aliphatic carbocycles.